The molecular weight excluding hydrogens is 278 g/mol. The predicted octanol–water partition coefficient (Wildman–Crippen LogP) is 2.57. The van der Waals surface area contributed by atoms with E-state index in [0.29, 0.717) is 0 Å². The second kappa shape index (κ2) is 7.41. The number of rotatable bonds is 5. The topological polar surface area (TPSA) is 55.4 Å². The molecule has 0 unspecified atom stereocenters. The Labute approximate surface area is 130 Å². The van der Waals surface area contributed by atoms with Gasteiger partial charge in [0.2, 0.25) is 0 Å². The number of nitrogens with one attached hydrogen (secondary N) is 1. The van der Waals surface area contributed by atoms with Gasteiger partial charge in [0.1, 0.15) is 0 Å². The third-order valence-corrected chi connectivity index (χ3v) is 3.33. The van der Waals surface area contributed by atoms with Gasteiger partial charge in [-0.1, -0.05) is 54.6 Å². The first-order valence-corrected chi connectivity index (χ1v) is 7.15. The highest BCUT2D eigenvalue weighted by Gasteiger charge is 2.16. The van der Waals surface area contributed by atoms with Crippen LogP contribution in [0, 0.1) is 0 Å². The molecule has 4 heteroatoms. The first-order valence-electron chi connectivity index (χ1n) is 7.15. The quantitative estimate of drug-likeness (QED) is 0.863. The van der Waals surface area contributed by atoms with Gasteiger partial charge in [-0.2, -0.15) is 0 Å². The number of carbonyl (C=O) groups excluding carboxylic acids is 2. The van der Waals surface area contributed by atoms with E-state index in [-0.39, 0.29) is 12.3 Å². The van der Waals surface area contributed by atoms with Crippen LogP contribution in [0.1, 0.15) is 12.5 Å². The zero-order valence-corrected chi connectivity index (χ0v) is 12.7. The fourth-order valence-corrected chi connectivity index (χ4v) is 2.11. The van der Waals surface area contributed by atoms with Crippen molar-refractivity contribution in [1.29, 1.82) is 0 Å². The van der Waals surface area contributed by atoms with Gasteiger partial charge < -0.3 is 10.1 Å². The number of amides is 1. The maximum Gasteiger partial charge on any atom is 0.311 e. The Kier molecular flexibility index (Phi) is 5.31. The second-order valence-corrected chi connectivity index (χ2v) is 4.99. The highest BCUT2D eigenvalue weighted by molar-refractivity contribution is 5.83. The molecule has 4 nitrogen and oxygen atoms in total. The molecule has 0 spiro atoms. The van der Waals surface area contributed by atoms with Gasteiger partial charge in [0, 0.05) is 7.05 Å². The first-order chi connectivity index (χ1) is 10.6. The summed E-state index contributed by atoms with van der Waals surface area (Å²) in [7, 11) is 1.51. The molecule has 0 saturated heterocycles. The Morgan fingerprint density at radius 2 is 1.59 bits per heavy atom. The molecule has 22 heavy (non-hydrogen) atoms. The van der Waals surface area contributed by atoms with Crippen LogP contribution < -0.4 is 5.32 Å². The summed E-state index contributed by atoms with van der Waals surface area (Å²) in [6, 6.07) is 17.8. The van der Waals surface area contributed by atoms with E-state index in [1.165, 1.54) is 7.05 Å². The largest absolute Gasteiger partial charge is 0.452 e. The van der Waals surface area contributed by atoms with Gasteiger partial charge in [-0.25, -0.2) is 0 Å². The molecule has 1 amide bonds. The number of carbonyl (C=O) groups is 2. The molecule has 0 fully saturated rings. The lowest BCUT2D eigenvalue weighted by atomic mass is 10.0. The maximum atomic E-state index is 11.8. The van der Waals surface area contributed by atoms with Crippen LogP contribution in [0.3, 0.4) is 0 Å². The Balaban J connectivity index is 1.97. The SMILES string of the molecule is CNC(=O)[C@H](C)OC(=O)Cc1ccc(-c2ccccc2)cc1. The lowest BCUT2D eigenvalue weighted by Gasteiger charge is -2.11. The summed E-state index contributed by atoms with van der Waals surface area (Å²) < 4.78 is 5.07. The minimum atomic E-state index is -0.777. The highest BCUT2D eigenvalue weighted by atomic mass is 16.5. The lowest BCUT2D eigenvalue weighted by Crippen LogP contribution is -2.33. The fraction of sp³-hybridized carbons (Fsp3) is 0.222. The molecule has 0 aromatic heterocycles. The summed E-state index contributed by atoms with van der Waals surface area (Å²) in [5.41, 5.74) is 3.08. The average Bonchev–Trinajstić information content (AvgIpc) is 2.55. The molecular formula is C18H19NO3. The van der Waals surface area contributed by atoms with Crippen LogP contribution >= 0.6 is 0 Å². The molecule has 2 aromatic rings. The third-order valence-electron chi connectivity index (χ3n) is 3.33. The van der Waals surface area contributed by atoms with Crippen molar-refractivity contribution in [3.8, 4) is 11.1 Å². The van der Waals surface area contributed by atoms with E-state index >= 15 is 0 Å². The van der Waals surface area contributed by atoms with E-state index in [1.807, 2.05) is 54.6 Å². The van der Waals surface area contributed by atoms with Gasteiger partial charge in [0.25, 0.3) is 5.91 Å². The summed E-state index contributed by atoms with van der Waals surface area (Å²) in [5, 5.41) is 2.44. The summed E-state index contributed by atoms with van der Waals surface area (Å²) in [6.07, 6.45) is -0.628. The van der Waals surface area contributed by atoms with Crippen molar-refractivity contribution in [2.45, 2.75) is 19.4 Å². The molecule has 0 bridgehead atoms. The van der Waals surface area contributed by atoms with Gasteiger partial charge in [-0.05, 0) is 23.6 Å². The molecule has 1 atom stereocenters. The molecule has 114 valence electrons. The van der Waals surface area contributed by atoms with Crippen LogP contribution in [-0.2, 0) is 20.7 Å². The van der Waals surface area contributed by atoms with Crippen molar-refractivity contribution in [1.82, 2.24) is 5.32 Å². The standard InChI is InChI=1S/C18H19NO3/c1-13(18(21)19-2)22-17(20)12-14-8-10-16(11-9-14)15-6-4-3-5-7-15/h3-11,13H,12H2,1-2H3,(H,19,21)/t13-/m0/s1. The van der Waals surface area contributed by atoms with E-state index in [0.717, 1.165) is 16.7 Å². The lowest BCUT2D eigenvalue weighted by molar-refractivity contribution is -0.154. The van der Waals surface area contributed by atoms with Gasteiger partial charge in [-0.15, -0.1) is 0 Å². The van der Waals surface area contributed by atoms with E-state index in [1.54, 1.807) is 6.92 Å². The van der Waals surface area contributed by atoms with Crippen molar-refractivity contribution in [3.05, 3.63) is 60.2 Å². The zero-order valence-electron chi connectivity index (χ0n) is 12.7. The molecule has 0 aliphatic rings. The molecule has 2 rings (SSSR count). The smallest absolute Gasteiger partial charge is 0.311 e. The Morgan fingerprint density at radius 3 is 2.18 bits per heavy atom. The molecule has 1 N–H and O–H groups in total. The molecule has 0 aliphatic heterocycles. The minimum Gasteiger partial charge on any atom is -0.452 e. The maximum absolute atomic E-state index is 11.8. The van der Waals surface area contributed by atoms with E-state index in [4.69, 9.17) is 4.74 Å². The minimum absolute atomic E-state index is 0.149. The van der Waals surface area contributed by atoms with E-state index in [9.17, 15) is 9.59 Å². The Hall–Kier alpha value is -2.62. The van der Waals surface area contributed by atoms with Crippen LogP contribution in [0.15, 0.2) is 54.6 Å². The third kappa shape index (κ3) is 4.19. The molecule has 0 heterocycles. The van der Waals surface area contributed by atoms with Crippen molar-refractivity contribution < 1.29 is 14.3 Å². The second-order valence-electron chi connectivity index (χ2n) is 4.99. The zero-order chi connectivity index (χ0) is 15.9. The summed E-state index contributed by atoms with van der Waals surface area (Å²) >= 11 is 0. The number of hydrogen-bond donors (Lipinski definition) is 1. The van der Waals surface area contributed by atoms with Crippen molar-refractivity contribution >= 4 is 11.9 Å². The molecule has 0 aliphatic carbocycles. The predicted molar refractivity (Wildman–Crippen MR) is 85.2 cm³/mol. The number of esters is 1. The normalized spacial score (nSPS) is 11.5. The first kappa shape index (κ1) is 15.8. The molecule has 0 radical (unpaired) electrons. The molecule has 0 saturated carbocycles. The summed E-state index contributed by atoms with van der Waals surface area (Å²) in [4.78, 5) is 23.1. The Morgan fingerprint density at radius 1 is 1.00 bits per heavy atom. The summed E-state index contributed by atoms with van der Waals surface area (Å²) in [6.45, 7) is 1.55. The van der Waals surface area contributed by atoms with Crippen molar-refractivity contribution in [2.24, 2.45) is 0 Å². The van der Waals surface area contributed by atoms with Gasteiger partial charge in [0.15, 0.2) is 6.10 Å². The van der Waals surface area contributed by atoms with Gasteiger partial charge >= 0.3 is 5.97 Å². The number of hydrogen-bond acceptors (Lipinski definition) is 3. The van der Waals surface area contributed by atoms with Crippen LogP contribution in [0.2, 0.25) is 0 Å². The van der Waals surface area contributed by atoms with Crippen molar-refractivity contribution in [3.63, 3.8) is 0 Å². The monoisotopic (exact) mass is 297 g/mol. The van der Waals surface area contributed by atoms with E-state index in [2.05, 4.69) is 5.32 Å². The van der Waals surface area contributed by atoms with Gasteiger partial charge in [0.05, 0.1) is 6.42 Å². The molecule has 2 aromatic carbocycles. The van der Waals surface area contributed by atoms with Crippen LogP contribution in [0.25, 0.3) is 11.1 Å². The van der Waals surface area contributed by atoms with Crippen molar-refractivity contribution in [2.75, 3.05) is 7.05 Å². The highest BCUT2D eigenvalue weighted by Crippen LogP contribution is 2.19. The van der Waals surface area contributed by atoms with Crippen LogP contribution in [0.5, 0.6) is 0 Å². The van der Waals surface area contributed by atoms with E-state index < -0.39 is 12.1 Å². The Bertz CT molecular complexity index is 635. The fourth-order valence-electron chi connectivity index (χ4n) is 2.11. The van der Waals surface area contributed by atoms with Crippen LogP contribution in [-0.4, -0.2) is 25.0 Å². The number of likely N-dealkylation sites (N-methyl/N-ethyl adjacent to an activating group) is 1. The average molecular weight is 297 g/mol. The van der Waals surface area contributed by atoms with Crippen LogP contribution in [0.4, 0.5) is 0 Å². The van der Waals surface area contributed by atoms with Gasteiger partial charge in [-0.3, -0.25) is 9.59 Å². The number of ether oxygens (including phenoxy) is 1. The number of benzene rings is 2. The summed E-state index contributed by atoms with van der Waals surface area (Å²) in [5.74, 6) is -0.726.